The number of aromatic nitrogens is 1. The Hall–Kier alpha value is -4.45. The maximum absolute atomic E-state index is 15.5. The van der Waals surface area contributed by atoms with Gasteiger partial charge in [-0.15, -0.1) is 0 Å². The molecule has 0 fully saturated rings. The predicted octanol–water partition coefficient (Wildman–Crippen LogP) is 8.24. The molecule has 1 aromatic heterocycles. The number of hydrogen-bond acceptors (Lipinski definition) is 10. The van der Waals surface area contributed by atoms with E-state index in [0.29, 0.717) is 29.9 Å². The van der Waals surface area contributed by atoms with Gasteiger partial charge in [-0.05, 0) is 103 Å². The third-order valence-corrected chi connectivity index (χ3v) is 16.6. The van der Waals surface area contributed by atoms with Gasteiger partial charge in [0.05, 0.1) is 13.2 Å². The molecule has 3 aliphatic rings. The minimum absolute atomic E-state index is 0.0458. The van der Waals surface area contributed by atoms with Crippen molar-refractivity contribution >= 4 is 36.3 Å². The van der Waals surface area contributed by atoms with Gasteiger partial charge in [0.15, 0.2) is 25.5 Å². The molecule has 1 unspecified atom stereocenters. The summed E-state index contributed by atoms with van der Waals surface area (Å²) in [5, 5.41) is 18.9. The van der Waals surface area contributed by atoms with Crippen molar-refractivity contribution in [3.63, 3.8) is 0 Å². The summed E-state index contributed by atoms with van der Waals surface area (Å²) in [7, 11) is 6.63. The highest BCUT2D eigenvalue weighted by atomic mass is 28.4. The zero-order chi connectivity index (χ0) is 38.4. The minimum atomic E-state index is -2.84. The third kappa shape index (κ3) is 5.53. The van der Waals surface area contributed by atoms with Crippen LogP contribution in [0.3, 0.4) is 0 Å². The van der Waals surface area contributed by atoms with Crippen molar-refractivity contribution < 1.29 is 33.1 Å². The molecule has 0 amide bonds. The molecule has 3 aliphatic carbocycles. The average molecular weight is 738 g/mol. The molecule has 1 N–H and O–H groups in total. The summed E-state index contributed by atoms with van der Waals surface area (Å²) in [4.78, 5) is 34.8. The van der Waals surface area contributed by atoms with E-state index in [1.807, 2.05) is 88.5 Å². The van der Waals surface area contributed by atoms with Gasteiger partial charge in [0, 0.05) is 42.2 Å². The van der Waals surface area contributed by atoms with Gasteiger partial charge in [0.1, 0.15) is 23.7 Å². The summed E-state index contributed by atoms with van der Waals surface area (Å²) in [5.41, 5.74) is 2.69. The Morgan fingerprint density at radius 3 is 2.34 bits per heavy atom. The number of rotatable bonds is 8. The van der Waals surface area contributed by atoms with Crippen LogP contribution in [0.2, 0.25) is 18.1 Å². The molecule has 0 saturated heterocycles. The number of aliphatic hydroxyl groups is 1. The molecule has 3 aromatic carbocycles. The van der Waals surface area contributed by atoms with E-state index in [9.17, 15) is 5.11 Å². The van der Waals surface area contributed by atoms with Gasteiger partial charge in [0.2, 0.25) is 5.78 Å². The summed E-state index contributed by atoms with van der Waals surface area (Å²) in [6.45, 7) is 12.6. The largest absolute Gasteiger partial charge is 0.508 e. The molecule has 0 spiro atoms. The molecule has 0 radical (unpaired) electrons. The van der Waals surface area contributed by atoms with E-state index in [4.69, 9.17) is 18.4 Å². The number of aliphatic hydroxyl groups excluding tert-OH is 1. The number of anilines is 1. The van der Waals surface area contributed by atoms with Gasteiger partial charge in [-0.2, -0.15) is 0 Å². The number of carbonyl (C=O) groups is 2. The lowest BCUT2D eigenvalue weighted by Gasteiger charge is -2.55. The lowest BCUT2D eigenvalue weighted by Crippen LogP contribution is -2.65. The van der Waals surface area contributed by atoms with Crippen LogP contribution in [-0.4, -0.2) is 75.9 Å². The van der Waals surface area contributed by atoms with E-state index < -0.39 is 31.7 Å². The monoisotopic (exact) mass is 737 g/mol. The number of allylic oxidation sites excluding steroid dienone is 1. The van der Waals surface area contributed by atoms with E-state index in [0.717, 1.165) is 33.2 Å². The fraction of sp³-hybridized carbons (Fsp3) is 0.452. The molecule has 0 bridgehead atoms. The maximum Gasteiger partial charge on any atom is 0.265 e. The number of Topliss-reactive ketones (excluding diaryl/α,β-unsaturated/α-hetero) is 2. The first kappa shape index (κ1) is 36.9. The lowest BCUT2D eigenvalue weighted by atomic mass is 9.58. The topological polar surface area (TPSA) is 115 Å². The summed E-state index contributed by atoms with van der Waals surface area (Å²) in [5.74, 6) is -0.920. The molecule has 4 atom stereocenters. The number of fused-ring (bicyclic) bond motifs is 5. The maximum atomic E-state index is 15.5. The predicted molar refractivity (Wildman–Crippen MR) is 208 cm³/mol. The van der Waals surface area contributed by atoms with Crippen LogP contribution in [0.5, 0.6) is 11.6 Å². The normalized spacial score (nSPS) is 22.8. The third-order valence-electron chi connectivity index (χ3n) is 12.2. The molecule has 0 saturated carbocycles. The van der Waals surface area contributed by atoms with E-state index in [1.165, 1.54) is 0 Å². The van der Waals surface area contributed by atoms with Crippen molar-refractivity contribution in [2.75, 3.05) is 40.2 Å². The number of ketones is 2. The van der Waals surface area contributed by atoms with Crippen LogP contribution in [0.15, 0.2) is 64.4 Å². The van der Waals surface area contributed by atoms with E-state index in [-0.39, 0.29) is 46.1 Å². The molecule has 7 rings (SSSR count). The first-order valence-corrected chi connectivity index (χ1v) is 21.2. The van der Waals surface area contributed by atoms with Gasteiger partial charge in [-0.3, -0.25) is 14.5 Å². The Morgan fingerprint density at radius 2 is 1.72 bits per heavy atom. The van der Waals surface area contributed by atoms with Crippen molar-refractivity contribution in [2.24, 2.45) is 11.8 Å². The van der Waals surface area contributed by atoms with E-state index in [1.54, 1.807) is 7.11 Å². The SMILES string of the molecule is COc1ccc2c(N(C)C)c3c(c(C)c2c1)C(=O)C1=C(O)C2(O[Si](C)(C)C(C)(C)C)C(=O)c4c(OCc5ccccc5)noc4[C@@H](N(C)C)[C@@H]2C[C@@H]1C3. The van der Waals surface area contributed by atoms with Crippen molar-refractivity contribution in [1.82, 2.24) is 10.1 Å². The zero-order valence-corrected chi connectivity index (χ0v) is 33.7. The highest BCUT2D eigenvalue weighted by Gasteiger charge is 2.67. The number of carbonyl (C=O) groups excluding carboxylic acids is 2. The molecule has 10 nitrogen and oxygen atoms in total. The standard InChI is InChI=1S/C42H51N3O7Si/c1-23-28-21-26(49-9)17-18-27(28)34(44(5)6)29-19-25-20-30-35(45(7)8)37-33(40(43-51-37)50-22-24-15-13-12-14-16-24)39(48)42(30,52-53(10,11)41(2,3)4)38(47)32(25)36(46)31(23)29/h12-18,21,25,30,35,47H,19-20,22H2,1-11H3/t25-,30-,35-,42?/m0/s1. The summed E-state index contributed by atoms with van der Waals surface area (Å²) in [6.07, 6.45) is 0.910. The number of nitrogens with zero attached hydrogens (tertiary/aromatic N) is 3. The van der Waals surface area contributed by atoms with E-state index in [2.05, 4.69) is 43.9 Å². The summed E-state index contributed by atoms with van der Waals surface area (Å²) >= 11 is 0. The molecule has 11 heteroatoms. The molecular weight excluding hydrogens is 687 g/mol. The Morgan fingerprint density at radius 1 is 1.02 bits per heavy atom. The van der Waals surface area contributed by atoms with Crippen LogP contribution in [0, 0.1) is 18.8 Å². The van der Waals surface area contributed by atoms with Gasteiger partial charge < -0.3 is 28.4 Å². The van der Waals surface area contributed by atoms with Crippen LogP contribution in [0.1, 0.15) is 76.4 Å². The second-order valence-corrected chi connectivity index (χ2v) is 21.5. The van der Waals surface area contributed by atoms with Crippen LogP contribution in [-0.2, 0) is 17.5 Å². The van der Waals surface area contributed by atoms with Crippen molar-refractivity contribution in [3.05, 3.63) is 93.4 Å². The van der Waals surface area contributed by atoms with Gasteiger partial charge in [0.25, 0.3) is 5.88 Å². The average Bonchev–Trinajstić information content (AvgIpc) is 3.51. The number of benzene rings is 3. The van der Waals surface area contributed by atoms with Crippen molar-refractivity contribution in [3.8, 4) is 11.6 Å². The highest BCUT2D eigenvalue weighted by Crippen LogP contribution is 2.60. The molecule has 53 heavy (non-hydrogen) atoms. The van der Waals surface area contributed by atoms with Crippen molar-refractivity contribution in [1.29, 1.82) is 0 Å². The fourth-order valence-corrected chi connectivity index (χ4v) is 10.1. The molecular formula is C42H51N3O7Si. The van der Waals surface area contributed by atoms with E-state index >= 15 is 9.59 Å². The first-order valence-electron chi connectivity index (χ1n) is 18.3. The fourth-order valence-electron chi connectivity index (χ4n) is 8.68. The van der Waals surface area contributed by atoms with Crippen LogP contribution in [0.25, 0.3) is 10.8 Å². The van der Waals surface area contributed by atoms with Gasteiger partial charge in [-0.25, -0.2) is 0 Å². The lowest BCUT2D eigenvalue weighted by molar-refractivity contribution is -0.0480. The van der Waals surface area contributed by atoms with Gasteiger partial charge >= 0.3 is 0 Å². The second kappa shape index (κ2) is 12.8. The number of ether oxygens (including phenoxy) is 2. The van der Waals surface area contributed by atoms with Crippen LogP contribution in [0.4, 0.5) is 5.69 Å². The Labute approximate surface area is 312 Å². The Balaban J connectivity index is 1.48. The summed E-state index contributed by atoms with van der Waals surface area (Å²) < 4.78 is 25.1. The number of methoxy groups -OCH3 is 1. The first-order chi connectivity index (χ1) is 24.9. The van der Waals surface area contributed by atoms with Crippen LogP contribution < -0.4 is 14.4 Å². The van der Waals surface area contributed by atoms with Gasteiger partial charge in [-0.1, -0.05) is 51.1 Å². The molecule has 4 aromatic rings. The molecule has 280 valence electrons. The smallest absolute Gasteiger partial charge is 0.265 e. The van der Waals surface area contributed by atoms with Crippen LogP contribution >= 0.6 is 0 Å². The second-order valence-electron chi connectivity index (χ2n) is 16.8. The minimum Gasteiger partial charge on any atom is -0.508 e. The Bertz CT molecular complexity index is 2160. The Kier molecular flexibility index (Phi) is 8.94. The zero-order valence-electron chi connectivity index (χ0n) is 32.7. The molecule has 1 heterocycles. The molecule has 0 aliphatic heterocycles. The van der Waals surface area contributed by atoms with Crippen molar-refractivity contribution in [2.45, 2.75) is 76.9 Å². The number of hydrogen-bond donors (Lipinski definition) is 1. The number of aryl methyl sites for hydroxylation is 1. The highest BCUT2D eigenvalue weighted by molar-refractivity contribution is 6.74. The summed E-state index contributed by atoms with van der Waals surface area (Å²) in [6, 6.07) is 15.1. The quantitative estimate of drug-likeness (QED) is 0.177.